The number of aromatic nitrogens is 2. The van der Waals surface area contributed by atoms with E-state index < -0.39 is 10.8 Å². The van der Waals surface area contributed by atoms with Gasteiger partial charge in [-0.25, -0.2) is 9.97 Å². The smallest absolute Gasteiger partial charge is 0.132 e. The quantitative estimate of drug-likeness (QED) is 0.764. The number of rotatable bonds is 8. The van der Waals surface area contributed by atoms with Gasteiger partial charge in [0.25, 0.3) is 0 Å². The SMILES string of the molecule is CCCNc1cc(NCC(C)S(C)=O)nc(CC)n1. The summed E-state index contributed by atoms with van der Waals surface area (Å²) >= 11 is 0. The molecule has 108 valence electrons. The van der Waals surface area contributed by atoms with Crippen LogP contribution in [0.25, 0.3) is 0 Å². The number of nitrogens with one attached hydrogen (secondary N) is 2. The summed E-state index contributed by atoms with van der Waals surface area (Å²) in [4.78, 5) is 8.86. The molecule has 0 aliphatic rings. The van der Waals surface area contributed by atoms with E-state index in [1.54, 1.807) is 6.26 Å². The Morgan fingerprint density at radius 3 is 2.42 bits per heavy atom. The summed E-state index contributed by atoms with van der Waals surface area (Å²) in [5.74, 6) is 2.46. The second-order valence-electron chi connectivity index (χ2n) is 4.53. The van der Waals surface area contributed by atoms with E-state index in [1.165, 1.54) is 0 Å². The Morgan fingerprint density at radius 2 is 1.89 bits per heavy atom. The molecule has 1 aromatic heterocycles. The lowest BCUT2D eigenvalue weighted by molar-refractivity contribution is 0.678. The average Bonchev–Trinajstić information content (AvgIpc) is 2.42. The monoisotopic (exact) mass is 284 g/mol. The van der Waals surface area contributed by atoms with Gasteiger partial charge in [0, 0.05) is 47.9 Å². The Bertz CT molecular complexity index is 425. The topological polar surface area (TPSA) is 66.9 Å². The van der Waals surface area contributed by atoms with Crippen molar-refractivity contribution in [1.82, 2.24) is 9.97 Å². The second kappa shape index (κ2) is 8.09. The summed E-state index contributed by atoms with van der Waals surface area (Å²) in [6, 6.07) is 1.90. The molecule has 0 spiro atoms. The number of hydrogen-bond acceptors (Lipinski definition) is 5. The summed E-state index contributed by atoms with van der Waals surface area (Å²) in [5.41, 5.74) is 0. The second-order valence-corrected chi connectivity index (χ2v) is 6.33. The number of hydrogen-bond donors (Lipinski definition) is 2. The third-order valence-corrected chi connectivity index (χ3v) is 4.08. The summed E-state index contributed by atoms with van der Waals surface area (Å²) in [6.07, 6.45) is 3.57. The molecule has 1 heterocycles. The van der Waals surface area contributed by atoms with Gasteiger partial charge in [-0.05, 0) is 13.3 Å². The first-order chi connectivity index (χ1) is 9.06. The first kappa shape index (κ1) is 15.9. The van der Waals surface area contributed by atoms with Crippen molar-refractivity contribution < 1.29 is 4.21 Å². The number of nitrogens with zero attached hydrogens (tertiary/aromatic N) is 2. The highest BCUT2D eigenvalue weighted by Gasteiger charge is 2.08. The molecule has 6 heteroatoms. The van der Waals surface area contributed by atoms with Crippen LogP contribution in [0.2, 0.25) is 0 Å². The van der Waals surface area contributed by atoms with Crippen molar-refractivity contribution in [2.45, 2.75) is 38.9 Å². The van der Waals surface area contributed by atoms with Crippen LogP contribution in [0.5, 0.6) is 0 Å². The molecule has 2 N–H and O–H groups in total. The van der Waals surface area contributed by atoms with Gasteiger partial charge in [0.2, 0.25) is 0 Å². The van der Waals surface area contributed by atoms with E-state index in [2.05, 4.69) is 27.5 Å². The highest BCUT2D eigenvalue weighted by Crippen LogP contribution is 2.12. The van der Waals surface area contributed by atoms with Crippen molar-refractivity contribution in [2.75, 3.05) is 30.0 Å². The Labute approximate surface area is 118 Å². The predicted octanol–water partition coefficient (Wildman–Crippen LogP) is 2.04. The van der Waals surface area contributed by atoms with E-state index in [0.717, 1.165) is 36.8 Å². The van der Waals surface area contributed by atoms with Gasteiger partial charge < -0.3 is 10.6 Å². The molecule has 0 aliphatic heterocycles. The maximum atomic E-state index is 11.3. The van der Waals surface area contributed by atoms with Crippen LogP contribution in [0.1, 0.15) is 33.0 Å². The lowest BCUT2D eigenvalue weighted by Crippen LogP contribution is -2.21. The van der Waals surface area contributed by atoms with E-state index in [4.69, 9.17) is 0 Å². The zero-order valence-electron chi connectivity index (χ0n) is 12.2. The van der Waals surface area contributed by atoms with E-state index in [9.17, 15) is 4.21 Å². The van der Waals surface area contributed by atoms with Gasteiger partial charge in [0.15, 0.2) is 0 Å². The molecule has 1 rings (SSSR count). The summed E-state index contributed by atoms with van der Waals surface area (Å²) in [7, 11) is -0.823. The van der Waals surface area contributed by atoms with Gasteiger partial charge >= 0.3 is 0 Å². The fraction of sp³-hybridized carbons (Fsp3) is 0.692. The van der Waals surface area contributed by atoms with Crippen molar-refractivity contribution >= 4 is 22.4 Å². The van der Waals surface area contributed by atoms with Crippen LogP contribution in [0.4, 0.5) is 11.6 Å². The fourth-order valence-electron chi connectivity index (χ4n) is 1.46. The molecule has 2 atom stereocenters. The van der Waals surface area contributed by atoms with Crippen LogP contribution in [-0.4, -0.2) is 38.8 Å². The van der Waals surface area contributed by atoms with E-state index >= 15 is 0 Å². The van der Waals surface area contributed by atoms with Crippen LogP contribution < -0.4 is 10.6 Å². The molecule has 0 saturated heterocycles. The normalized spacial score (nSPS) is 13.9. The van der Waals surface area contributed by atoms with Crippen LogP contribution in [0.3, 0.4) is 0 Å². The Morgan fingerprint density at radius 1 is 1.26 bits per heavy atom. The predicted molar refractivity (Wildman–Crippen MR) is 82.2 cm³/mol. The molecular weight excluding hydrogens is 260 g/mol. The van der Waals surface area contributed by atoms with Crippen molar-refractivity contribution in [3.63, 3.8) is 0 Å². The Kier molecular flexibility index (Phi) is 6.77. The van der Waals surface area contributed by atoms with E-state index in [0.29, 0.717) is 6.54 Å². The summed E-state index contributed by atoms with van der Waals surface area (Å²) in [6.45, 7) is 7.66. The van der Waals surface area contributed by atoms with Gasteiger partial charge in [-0.15, -0.1) is 0 Å². The molecule has 0 fully saturated rings. The van der Waals surface area contributed by atoms with Gasteiger partial charge in [0.05, 0.1) is 0 Å². The van der Waals surface area contributed by atoms with Gasteiger partial charge in [-0.2, -0.15) is 0 Å². The molecule has 0 bridgehead atoms. The van der Waals surface area contributed by atoms with Crippen molar-refractivity contribution in [1.29, 1.82) is 0 Å². The highest BCUT2D eigenvalue weighted by molar-refractivity contribution is 7.84. The molecule has 0 amide bonds. The Hall–Kier alpha value is -1.17. The third kappa shape index (κ3) is 5.55. The minimum Gasteiger partial charge on any atom is -0.370 e. The first-order valence-electron chi connectivity index (χ1n) is 6.74. The van der Waals surface area contributed by atoms with Crippen molar-refractivity contribution in [2.24, 2.45) is 0 Å². The third-order valence-electron chi connectivity index (χ3n) is 2.78. The largest absolute Gasteiger partial charge is 0.370 e. The van der Waals surface area contributed by atoms with Crippen LogP contribution in [0.15, 0.2) is 6.07 Å². The minimum atomic E-state index is -0.823. The molecule has 1 aromatic rings. The van der Waals surface area contributed by atoms with Crippen LogP contribution in [0, 0.1) is 0 Å². The van der Waals surface area contributed by atoms with Crippen LogP contribution >= 0.6 is 0 Å². The van der Waals surface area contributed by atoms with Crippen molar-refractivity contribution in [3.8, 4) is 0 Å². The molecule has 2 unspecified atom stereocenters. The first-order valence-corrected chi connectivity index (χ1v) is 8.36. The maximum Gasteiger partial charge on any atom is 0.132 e. The standard InChI is InChI=1S/C13H24N4OS/c1-5-7-14-12-8-13(17-11(6-2)16-12)15-9-10(3)19(4)18/h8,10H,5-7,9H2,1-4H3,(H2,14,15,16,17). The van der Waals surface area contributed by atoms with E-state index in [1.807, 2.05) is 19.9 Å². The van der Waals surface area contributed by atoms with Crippen LogP contribution in [-0.2, 0) is 17.2 Å². The zero-order chi connectivity index (χ0) is 14.3. The lowest BCUT2D eigenvalue weighted by atomic mass is 10.4. The molecule has 5 nitrogen and oxygen atoms in total. The summed E-state index contributed by atoms with van der Waals surface area (Å²) in [5, 5.41) is 6.61. The molecule has 19 heavy (non-hydrogen) atoms. The molecule has 0 aromatic carbocycles. The van der Waals surface area contributed by atoms with Gasteiger partial charge in [-0.1, -0.05) is 13.8 Å². The van der Waals surface area contributed by atoms with Gasteiger partial charge in [-0.3, -0.25) is 4.21 Å². The molecule has 0 radical (unpaired) electrons. The van der Waals surface area contributed by atoms with Crippen molar-refractivity contribution in [3.05, 3.63) is 11.9 Å². The highest BCUT2D eigenvalue weighted by atomic mass is 32.2. The Balaban J connectivity index is 2.73. The molecule has 0 aliphatic carbocycles. The number of anilines is 2. The number of aryl methyl sites for hydroxylation is 1. The average molecular weight is 284 g/mol. The fourth-order valence-corrected chi connectivity index (χ4v) is 1.77. The molecular formula is C13H24N4OS. The van der Waals surface area contributed by atoms with E-state index in [-0.39, 0.29) is 5.25 Å². The summed E-state index contributed by atoms with van der Waals surface area (Å²) < 4.78 is 11.3. The molecule has 0 saturated carbocycles. The lowest BCUT2D eigenvalue weighted by Gasteiger charge is -2.13. The minimum absolute atomic E-state index is 0.104. The zero-order valence-corrected chi connectivity index (χ0v) is 13.0. The maximum absolute atomic E-state index is 11.3. The van der Waals surface area contributed by atoms with Gasteiger partial charge in [0.1, 0.15) is 17.5 Å².